The first-order valence-electron chi connectivity index (χ1n) is 14.4. The van der Waals surface area contributed by atoms with Crippen LogP contribution in [0.2, 0.25) is 0 Å². The fraction of sp³-hybridized carbons (Fsp3) is 0.333. The Kier molecular flexibility index (Phi) is 8.51. The summed E-state index contributed by atoms with van der Waals surface area (Å²) in [6.07, 6.45) is 13.9. The van der Waals surface area contributed by atoms with Crippen LogP contribution >= 0.6 is 11.8 Å². The number of carbonyl (C=O) groups is 1. The molecule has 2 aromatic heterocycles. The second kappa shape index (κ2) is 12.6. The van der Waals surface area contributed by atoms with Crippen molar-refractivity contribution < 1.29 is 13.9 Å². The predicted molar refractivity (Wildman–Crippen MR) is 162 cm³/mol. The molecule has 1 atom stereocenters. The predicted octanol–water partition coefficient (Wildman–Crippen LogP) is 7.15. The third-order valence-corrected chi connectivity index (χ3v) is 8.96. The maximum atomic E-state index is 14.9. The summed E-state index contributed by atoms with van der Waals surface area (Å²) in [5, 5.41) is 3.70. The van der Waals surface area contributed by atoms with E-state index in [0.29, 0.717) is 10.5 Å². The van der Waals surface area contributed by atoms with Gasteiger partial charge in [-0.25, -0.2) is 4.39 Å². The van der Waals surface area contributed by atoms with E-state index in [9.17, 15) is 9.18 Å². The number of carbonyl (C=O) groups excluding carboxylic acids is 1. The van der Waals surface area contributed by atoms with Gasteiger partial charge in [0.2, 0.25) is 0 Å². The van der Waals surface area contributed by atoms with Crippen molar-refractivity contribution in [2.24, 2.45) is 0 Å². The largest absolute Gasteiger partial charge is 0.358 e. The number of pyridine rings is 1. The summed E-state index contributed by atoms with van der Waals surface area (Å²) in [5.41, 5.74) is 4.58. The lowest BCUT2D eigenvalue weighted by Crippen LogP contribution is -2.19. The first kappa shape index (κ1) is 27.7. The van der Waals surface area contributed by atoms with E-state index >= 15 is 0 Å². The molecule has 0 saturated carbocycles. The van der Waals surface area contributed by atoms with Crippen LogP contribution in [0.4, 0.5) is 4.39 Å². The molecule has 1 unspecified atom stereocenters. The molecular formula is C33H35FN4O2S. The van der Waals surface area contributed by atoms with Crippen molar-refractivity contribution in [3.63, 3.8) is 0 Å². The van der Waals surface area contributed by atoms with Crippen LogP contribution < -0.4 is 5.32 Å². The molecule has 2 saturated heterocycles. The third kappa shape index (κ3) is 6.25. The Morgan fingerprint density at radius 1 is 1.12 bits per heavy atom. The molecule has 41 heavy (non-hydrogen) atoms. The maximum Gasteiger partial charge on any atom is 0.252 e. The third-order valence-electron chi connectivity index (χ3n) is 7.85. The second-order valence-corrected chi connectivity index (χ2v) is 11.8. The van der Waals surface area contributed by atoms with Crippen LogP contribution in [0.1, 0.15) is 65.5 Å². The molecule has 2 aliphatic rings. The molecule has 2 aliphatic heterocycles. The summed E-state index contributed by atoms with van der Waals surface area (Å²) in [5.74, 6) is -0.720. The number of amides is 1. The van der Waals surface area contributed by atoms with E-state index in [-0.39, 0.29) is 12.1 Å². The number of likely N-dealkylation sites (tertiary alicyclic amines) is 1. The van der Waals surface area contributed by atoms with Crippen LogP contribution in [0.25, 0.3) is 23.1 Å². The van der Waals surface area contributed by atoms with Gasteiger partial charge in [0.1, 0.15) is 12.0 Å². The number of nitrogens with zero attached hydrogens (tertiary/aromatic N) is 3. The molecule has 8 heteroatoms. The molecule has 6 nitrogen and oxygen atoms in total. The highest BCUT2D eigenvalue weighted by Crippen LogP contribution is 2.37. The number of benzene rings is 2. The van der Waals surface area contributed by atoms with Crippen LogP contribution in [-0.4, -0.2) is 47.1 Å². The second-order valence-electron chi connectivity index (χ2n) is 10.7. The average molecular weight is 571 g/mol. The highest BCUT2D eigenvalue weighted by molar-refractivity contribution is 7.99. The first-order chi connectivity index (χ1) is 20.1. The smallest absolute Gasteiger partial charge is 0.252 e. The Balaban J connectivity index is 1.30. The fourth-order valence-corrected chi connectivity index (χ4v) is 6.66. The van der Waals surface area contributed by atoms with Crippen LogP contribution in [0.3, 0.4) is 0 Å². The topological polar surface area (TPSA) is 59.4 Å². The van der Waals surface area contributed by atoms with E-state index in [1.165, 1.54) is 49.3 Å². The summed E-state index contributed by atoms with van der Waals surface area (Å²) < 4.78 is 23.2. The number of aromatic nitrogens is 2. The summed E-state index contributed by atoms with van der Waals surface area (Å²) in [4.78, 5) is 20.8. The highest BCUT2D eigenvalue weighted by atomic mass is 32.2. The van der Waals surface area contributed by atoms with E-state index < -0.39 is 5.82 Å². The van der Waals surface area contributed by atoms with Crippen molar-refractivity contribution >= 4 is 40.7 Å². The van der Waals surface area contributed by atoms with Gasteiger partial charge in [0, 0.05) is 48.4 Å². The van der Waals surface area contributed by atoms with Crippen molar-refractivity contribution in [3.8, 4) is 0 Å². The fourth-order valence-electron chi connectivity index (χ4n) is 5.68. The minimum absolute atomic E-state index is 0.0495. The summed E-state index contributed by atoms with van der Waals surface area (Å²) in [7, 11) is 1.55. The highest BCUT2D eigenvalue weighted by Gasteiger charge is 2.21. The zero-order valence-corrected chi connectivity index (χ0v) is 24.1. The van der Waals surface area contributed by atoms with E-state index in [1.807, 2.05) is 12.3 Å². The summed E-state index contributed by atoms with van der Waals surface area (Å²) in [6.45, 7) is 4.05. The Morgan fingerprint density at radius 2 is 2.00 bits per heavy atom. The number of hydrogen-bond donors (Lipinski definition) is 1. The van der Waals surface area contributed by atoms with Gasteiger partial charge in [-0.1, -0.05) is 36.0 Å². The van der Waals surface area contributed by atoms with Crippen molar-refractivity contribution in [2.75, 3.05) is 26.7 Å². The van der Waals surface area contributed by atoms with Crippen LogP contribution in [0.5, 0.6) is 0 Å². The molecule has 6 rings (SSSR count). The molecule has 4 heterocycles. The van der Waals surface area contributed by atoms with Gasteiger partial charge >= 0.3 is 0 Å². The lowest BCUT2D eigenvalue weighted by molar-refractivity contribution is -0.0292. The lowest BCUT2D eigenvalue weighted by atomic mass is 10.1. The number of halogens is 1. The molecule has 4 aromatic rings. The molecule has 1 amide bonds. The minimum atomic E-state index is -0.412. The SMILES string of the molecule is CNC(=O)c1cccc(F)c1Sc1ccc2c(/C=C/c3ccc(CN4CCCC4)cn3)cn(C3CCCCO3)c2c1. The van der Waals surface area contributed by atoms with Gasteiger partial charge in [0.15, 0.2) is 0 Å². The molecule has 212 valence electrons. The molecule has 0 radical (unpaired) electrons. The van der Waals surface area contributed by atoms with Gasteiger partial charge in [-0.15, -0.1) is 0 Å². The van der Waals surface area contributed by atoms with Gasteiger partial charge < -0.3 is 14.6 Å². The number of ether oxygens (including phenoxy) is 1. The summed E-state index contributed by atoms with van der Waals surface area (Å²) >= 11 is 1.27. The molecule has 2 aromatic carbocycles. The Morgan fingerprint density at radius 3 is 2.76 bits per heavy atom. The standard InChI is InChI=1S/C33H35FN4O2S/c1-35-33(39)28-7-6-8-29(34)32(28)41-26-14-15-27-24(22-38(30(27)19-26)31-9-2-5-18-40-31)11-13-25-12-10-23(20-36-25)21-37-16-3-4-17-37/h6-8,10-15,19-20,22,31H,2-5,9,16-18,21H2,1H3,(H,35,39)/b13-11+. The molecule has 0 spiro atoms. The van der Waals surface area contributed by atoms with Crippen LogP contribution in [0, 0.1) is 5.82 Å². The Hall–Kier alpha value is -3.46. The van der Waals surface area contributed by atoms with Gasteiger partial charge in [0.05, 0.1) is 21.7 Å². The molecular weight excluding hydrogens is 535 g/mol. The molecule has 2 fully saturated rings. The van der Waals surface area contributed by atoms with Crippen molar-refractivity contribution in [2.45, 2.75) is 54.7 Å². The number of fused-ring (bicyclic) bond motifs is 1. The molecule has 1 N–H and O–H groups in total. The first-order valence-corrected chi connectivity index (χ1v) is 15.2. The maximum absolute atomic E-state index is 14.9. The van der Waals surface area contributed by atoms with Crippen LogP contribution in [-0.2, 0) is 11.3 Å². The number of nitrogens with one attached hydrogen (secondary N) is 1. The molecule has 0 bridgehead atoms. The number of hydrogen-bond acceptors (Lipinski definition) is 5. The zero-order valence-electron chi connectivity index (χ0n) is 23.3. The Bertz CT molecular complexity index is 1550. The van der Waals surface area contributed by atoms with Gasteiger partial charge in [-0.3, -0.25) is 14.7 Å². The molecule has 0 aliphatic carbocycles. The minimum Gasteiger partial charge on any atom is -0.358 e. The summed E-state index contributed by atoms with van der Waals surface area (Å²) in [6, 6.07) is 15.0. The van der Waals surface area contributed by atoms with Gasteiger partial charge in [-0.2, -0.15) is 0 Å². The lowest BCUT2D eigenvalue weighted by Gasteiger charge is -2.25. The number of rotatable bonds is 8. The normalized spacial score (nSPS) is 18.0. The average Bonchev–Trinajstić information content (AvgIpc) is 3.65. The van der Waals surface area contributed by atoms with Gasteiger partial charge in [0.25, 0.3) is 5.91 Å². The van der Waals surface area contributed by atoms with Crippen LogP contribution in [0.15, 0.2) is 70.7 Å². The van der Waals surface area contributed by atoms with Crippen molar-refractivity contribution in [1.82, 2.24) is 19.8 Å². The zero-order chi connectivity index (χ0) is 28.2. The monoisotopic (exact) mass is 570 g/mol. The van der Waals surface area contributed by atoms with E-state index in [1.54, 1.807) is 19.2 Å². The van der Waals surface area contributed by atoms with Crippen molar-refractivity contribution in [3.05, 3.63) is 89.1 Å². The van der Waals surface area contributed by atoms with Crippen molar-refractivity contribution in [1.29, 1.82) is 0 Å². The van der Waals surface area contributed by atoms with E-state index in [4.69, 9.17) is 9.72 Å². The van der Waals surface area contributed by atoms with E-state index in [0.717, 1.165) is 59.5 Å². The van der Waals surface area contributed by atoms with Gasteiger partial charge in [-0.05, 0) is 87.2 Å². The quantitative estimate of drug-likeness (QED) is 0.244. The van der Waals surface area contributed by atoms with E-state index in [2.05, 4.69) is 57.4 Å². The Labute approximate surface area is 244 Å².